The van der Waals surface area contributed by atoms with Crippen LogP contribution in [0.1, 0.15) is 19.4 Å². The van der Waals surface area contributed by atoms with E-state index in [1.165, 1.54) is 7.11 Å². The lowest BCUT2D eigenvalue weighted by atomic mass is 10.1. The number of ether oxygens (including phenoxy) is 2. The number of rotatable bonds is 5. The van der Waals surface area contributed by atoms with Crippen molar-refractivity contribution in [3.63, 3.8) is 0 Å². The molecule has 0 aliphatic heterocycles. The zero-order chi connectivity index (χ0) is 13.5. The Labute approximate surface area is 107 Å². The molecule has 1 unspecified atom stereocenters. The van der Waals surface area contributed by atoms with Crippen molar-refractivity contribution < 1.29 is 14.3 Å². The number of aromatic nitrogens is 1. The molecule has 1 aromatic rings. The molecular weight excluding hydrogens is 232 g/mol. The van der Waals surface area contributed by atoms with E-state index in [0.717, 1.165) is 5.56 Å². The van der Waals surface area contributed by atoms with Crippen LogP contribution in [0.3, 0.4) is 0 Å². The van der Waals surface area contributed by atoms with Crippen LogP contribution in [0.25, 0.3) is 0 Å². The van der Waals surface area contributed by atoms with Gasteiger partial charge in [0.05, 0.1) is 14.2 Å². The van der Waals surface area contributed by atoms with Gasteiger partial charge in [0.25, 0.3) is 0 Å². The predicted molar refractivity (Wildman–Crippen MR) is 69.0 cm³/mol. The maximum absolute atomic E-state index is 11.5. The summed E-state index contributed by atoms with van der Waals surface area (Å²) in [5.41, 5.74) is 0.811. The highest BCUT2D eigenvalue weighted by atomic mass is 16.5. The molecule has 0 saturated carbocycles. The van der Waals surface area contributed by atoms with Crippen molar-refractivity contribution in [2.75, 3.05) is 14.2 Å². The average Bonchev–Trinajstić information content (AvgIpc) is 2.39. The first-order valence-corrected chi connectivity index (χ1v) is 5.69. The fourth-order valence-electron chi connectivity index (χ4n) is 1.38. The summed E-state index contributed by atoms with van der Waals surface area (Å²) in [6, 6.07) is 3.07. The molecule has 0 N–H and O–H groups in total. The van der Waals surface area contributed by atoms with Gasteiger partial charge in [0.2, 0.25) is 5.88 Å². The molecule has 5 heteroatoms. The normalized spacial score (nSPS) is 12.7. The van der Waals surface area contributed by atoms with E-state index in [1.54, 1.807) is 25.6 Å². The van der Waals surface area contributed by atoms with Gasteiger partial charge in [0.1, 0.15) is 6.04 Å². The molecule has 1 rings (SSSR count). The minimum Gasteiger partial charge on any atom is -0.481 e. The number of esters is 1. The first-order chi connectivity index (χ1) is 8.58. The van der Waals surface area contributed by atoms with Crippen molar-refractivity contribution in [1.29, 1.82) is 0 Å². The molecule has 0 amide bonds. The third-order valence-corrected chi connectivity index (χ3v) is 2.43. The van der Waals surface area contributed by atoms with Gasteiger partial charge in [-0.15, -0.1) is 0 Å². The second kappa shape index (κ2) is 6.74. The molecule has 0 saturated heterocycles. The number of hydrogen-bond acceptors (Lipinski definition) is 5. The monoisotopic (exact) mass is 250 g/mol. The van der Waals surface area contributed by atoms with E-state index in [2.05, 4.69) is 9.98 Å². The Bertz CT molecular complexity index is 413. The zero-order valence-corrected chi connectivity index (χ0v) is 11.1. The lowest BCUT2D eigenvalue weighted by Gasteiger charge is -2.13. The zero-order valence-electron chi connectivity index (χ0n) is 11.1. The molecule has 1 aromatic heterocycles. The number of aliphatic imine (C=N–C) groups is 1. The number of pyridine rings is 1. The van der Waals surface area contributed by atoms with Gasteiger partial charge in [-0.3, -0.25) is 4.99 Å². The highest BCUT2D eigenvalue weighted by Crippen LogP contribution is 2.09. The highest BCUT2D eigenvalue weighted by Gasteiger charge is 2.20. The molecule has 0 aliphatic rings. The molecule has 1 atom stereocenters. The number of nitrogens with zero attached hydrogens (tertiary/aromatic N) is 2. The fourth-order valence-corrected chi connectivity index (χ4v) is 1.38. The molecule has 5 nitrogen and oxygen atoms in total. The Morgan fingerprint density at radius 3 is 2.56 bits per heavy atom. The molecule has 0 aromatic carbocycles. The molecule has 98 valence electrons. The van der Waals surface area contributed by atoms with E-state index in [1.807, 2.05) is 19.9 Å². The van der Waals surface area contributed by atoms with Crippen LogP contribution in [0, 0.1) is 5.92 Å². The van der Waals surface area contributed by atoms with Crippen LogP contribution in [0.2, 0.25) is 0 Å². The number of carbonyl (C=O) groups excluding carboxylic acids is 1. The number of methoxy groups -OCH3 is 2. The third kappa shape index (κ3) is 3.84. The lowest BCUT2D eigenvalue weighted by Crippen LogP contribution is -2.25. The van der Waals surface area contributed by atoms with E-state index in [4.69, 9.17) is 9.47 Å². The number of hydrogen-bond donors (Lipinski definition) is 0. The Balaban J connectivity index is 2.79. The van der Waals surface area contributed by atoms with Crippen LogP contribution in [0.5, 0.6) is 5.88 Å². The fraction of sp³-hybridized carbons (Fsp3) is 0.462. The minimum atomic E-state index is -0.489. The van der Waals surface area contributed by atoms with Gasteiger partial charge >= 0.3 is 5.97 Å². The minimum absolute atomic E-state index is 0.0832. The van der Waals surface area contributed by atoms with Crippen LogP contribution >= 0.6 is 0 Å². The molecule has 1 heterocycles. The molecule has 0 spiro atoms. The van der Waals surface area contributed by atoms with E-state index in [0.29, 0.717) is 5.88 Å². The standard InChI is InChI=1S/C13H18N2O3/c1-9(2)12(13(16)18-4)15-8-10-5-6-11(17-3)14-7-10/h5-9,12H,1-4H3. The first kappa shape index (κ1) is 14.2. The van der Waals surface area contributed by atoms with Gasteiger partial charge in [0.15, 0.2) is 0 Å². The van der Waals surface area contributed by atoms with E-state index in [-0.39, 0.29) is 11.9 Å². The summed E-state index contributed by atoms with van der Waals surface area (Å²) >= 11 is 0. The molecule has 18 heavy (non-hydrogen) atoms. The predicted octanol–water partition coefficient (Wildman–Crippen LogP) is 1.71. The smallest absolute Gasteiger partial charge is 0.330 e. The molecule has 0 bridgehead atoms. The van der Waals surface area contributed by atoms with Crippen LogP contribution in [-0.4, -0.2) is 37.4 Å². The topological polar surface area (TPSA) is 60.8 Å². The van der Waals surface area contributed by atoms with E-state index >= 15 is 0 Å². The third-order valence-electron chi connectivity index (χ3n) is 2.43. The quantitative estimate of drug-likeness (QED) is 0.589. The van der Waals surface area contributed by atoms with Gasteiger partial charge in [-0.25, -0.2) is 9.78 Å². The van der Waals surface area contributed by atoms with Crippen LogP contribution < -0.4 is 4.74 Å². The SMILES string of the molecule is COC(=O)C(N=Cc1ccc(OC)nc1)C(C)C. The van der Waals surface area contributed by atoms with Gasteiger partial charge in [0, 0.05) is 24.0 Å². The van der Waals surface area contributed by atoms with Crippen molar-refractivity contribution in [3.05, 3.63) is 23.9 Å². The summed E-state index contributed by atoms with van der Waals surface area (Å²) in [4.78, 5) is 19.8. The highest BCUT2D eigenvalue weighted by molar-refractivity contribution is 5.83. The summed E-state index contributed by atoms with van der Waals surface area (Å²) in [5, 5.41) is 0. The summed E-state index contributed by atoms with van der Waals surface area (Å²) < 4.78 is 9.67. The van der Waals surface area contributed by atoms with E-state index < -0.39 is 6.04 Å². The largest absolute Gasteiger partial charge is 0.481 e. The van der Waals surface area contributed by atoms with Gasteiger partial charge in [-0.1, -0.05) is 13.8 Å². The van der Waals surface area contributed by atoms with Crippen LogP contribution in [0.4, 0.5) is 0 Å². The Morgan fingerprint density at radius 2 is 2.11 bits per heavy atom. The van der Waals surface area contributed by atoms with E-state index in [9.17, 15) is 4.79 Å². The van der Waals surface area contributed by atoms with Gasteiger partial charge < -0.3 is 9.47 Å². The molecular formula is C13H18N2O3. The Morgan fingerprint density at radius 1 is 1.39 bits per heavy atom. The van der Waals surface area contributed by atoms with Crippen molar-refractivity contribution in [2.24, 2.45) is 10.9 Å². The van der Waals surface area contributed by atoms with Crippen LogP contribution in [-0.2, 0) is 9.53 Å². The average molecular weight is 250 g/mol. The number of carbonyl (C=O) groups is 1. The molecule has 0 fully saturated rings. The second-order valence-electron chi connectivity index (χ2n) is 4.12. The molecule has 0 aliphatic carbocycles. The van der Waals surface area contributed by atoms with Crippen molar-refractivity contribution >= 4 is 12.2 Å². The Kier molecular flexibility index (Phi) is 5.30. The van der Waals surface area contributed by atoms with Gasteiger partial charge in [-0.2, -0.15) is 0 Å². The maximum atomic E-state index is 11.5. The maximum Gasteiger partial charge on any atom is 0.330 e. The first-order valence-electron chi connectivity index (χ1n) is 5.69. The lowest BCUT2D eigenvalue weighted by molar-refractivity contribution is -0.143. The Hall–Kier alpha value is -1.91. The second-order valence-corrected chi connectivity index (χ2v) is 4.12. The van der Waals surface area contributed by atoms with Crippen LogP contribution in [0.15, 0.2) is 23.3 Å². The molecule has 0 radical (unpaired) electrons. The summed E-state index contributed by atoms with van der Waals surface area (Å²) in [7, 11) is 2.92. The summed E-state index contributed by atoms with van der Waals surface area (Å²) in [6.45, 7) is 3.84. The van der Waals surface area contributed by atoms with Crippen molar-refractivity contribution in [1.82, 2.24) is 4.98 Å². The summed E-state index contributed by atoms with van der Waals surface area (Å²) in [6.07, 6.45) is 3.25. The summed E-state index contributed by atoms with van der Waals surface area (Å²) in [5.74, 6) is 0.295. The van der Waals surface area contributed by atoms with Crippen molar-refractivity contribution in [3.8, 4) is 5.88 Å². The van der Waals surface area contributed by atoms with Gasteiger partial charge in [-0.05, 0) is 12.0 Å². The van der Waals surface area contributed by atoms with Crippen molar-refractivity contribution in [2.45, 2.75) is 19.9 Å².